The van der Waals surface area contributed by atoms with Crippen molar-refractivity contribution >= 4 is 11.0 Å². The van der Waals surface area contributed by atoms with E-state index in [-0.39, 0.29) is 17.4 Å². The molecule has 0 aliphatic rings. The first kappa shape index (κ1) is 13.1. The van der Waals surface area contributed by atoms with Gasteiger partial charge in [-0.2, -0.15) is 0 Å². The Labute approximate surface area is 106 Å². The first-order chi connectivity index (χ1) is 8.32. The van der Waals surface area contributed by atoms with Crippen LogP contribution in [-0.2, 0) is 0 Å². The fraction of sp³-hybridized carbons (Fsp3) is 0.429. The smallest absolute Gasteiger partial charge is 0.134 e. The Hall–Kier alpha value is -1.39. The van der Waals surface area contributed by atoms with Crippen LogP contribution in [-0.4, -0.2) is 24.5 Å². The number of furan rings is 1. The van der Waals surface area contributed by atoms with Crippen LogP contribution >= 0.6 is 0 Å². The summed E-state index contributed by atoms with van der Waals surface area (Å²) in [5.41, 5.74) is 6.67. The zero-order chi connectivity index (χ0) is 13.5. The van der Waals surface area contributed by atoms with Gasteiger partial charge in [0.1, 0.15) is 17.2 Å². The van der Waals surface area contributed by atoms with Gasteiger partial charge in [-0.3, -0.25) is 0 Å². The van der Waals surface area contributed by atoms with Gasteiger partial charge in [0.15, 0.2) is 0 Å². The lowest BCUT2D eigenvalue weighted by molar-refractivity contribution is 0.148. The molecule has 2 aromatic rings. The molecule has 18 heavy (non-hydrogen) atoms. The average Bonchev–Trinajstić information content (AvgIpc) is 2.70. The van der Waals surface area contributed by atoms with Crippen LogP contribution < -0.4 is 5.73 Å². The molecule has 0 radical (unpaired) electrons. The molecule has 0 saturated carbocycles. The number of halogens is 1. The summed E-state index contributed by atoms with van der Waals surface area (Å²) in [5, 5.41) is 0.745. The minimum atomic E-state index is -0.275. The molecule has 1 atom stereocenters. The molecule has 1 unspecified atom stereocenters. The summed E-state index contributed by atoms with van der Waals surface area (Å²) in [6.45, 7) is 4.09. The molecular formula is C14H19FN2O. The molecule has 0 bridgehead atoms. The third-order valence-electron chi connectivity index (χ3n) is 3.72. The van der Waals surface area contributed by atoms with Crippen LogP contribution in [0.25, 0.3) is 11.0 Å². The predicted molar refractivity (Wildman–Crippen MR) is 70.9 cm³/mol. The number of fused-ring (bicyclic) bond motifs is 1. The fourth-order valence-electron chi connectivity index (χ4n) is 1.81. The van der Waals surface area contributed by atoms with Crippen LogP contribution in [0.3, 0.4) is 0 Å². The summed E-state index contributed by atoms with van der Waals surface area (Å²) in [5.74, 6) is 0.407. The van der Waals surface area contributed by atoms with Gasteiger partial charge in [-0.25, -0.2) is 4.39 Å². The van der Waals surface area contributed by atoms with E-state index in [9.17, 15) is 4.39 Å². The highest BCUT2D eigenvalue weighted by Gasteiger charge is 2.32. The van der Waals surface area contributed by atoms with Crippen molar-refractivity contribution in [2.45, 2.75) is 25.4 Å². The fourth-order valence-corrected chi connectivity index (χ4v) is 1.81. The van der Waals surface area contributed by atoms with Gasteiger partial charge in [0.25, 0.3) is 0 Å². The molecule has 0 aliphatic carbocycles. The van der Waals surface area contributed by atoms with E-state index in [1.807, 2.05) is 38.9 Å². The molecule has 2 N–H and O–H groups in total. The summed E-state index contributed by atoms with van der Waals surface area (Å²) in [4.78, 5) is 2.05. The molecule has 3 nitrogen and oxygen atoms in total. The monoisotopic (exact) mass is 250 g/mol. The number of likely N-dealkylation sites (N-methyl/N-ethyl adjacent to an activating group) is 1. The number of hydrogen-bond donors (Lipinski definition) is 1. The lowest BCUT2D eigenvalue weighted by atomic mass is 9.92. The molecular weight excluding hydrogens is 231 g/mol. The highest BCUT2D eigenvalue weighted by atomic mass is 19.1. The highest BCUT2D eigenvalue weighted by molar-refractivity contribution is 5.78. The third-order valence-corrected chi connectivity index (χ3v) is 3.72. The molecule has 98 valence electrons. The van der Waals surface area contributed by atoms with Crippen LogP contribution in [0.15, 0.2) is 28.7 Å². The first-order valence-corrected chi connectivity index (χ1v) is 5.94. The zero-order valence-electron chi connectivity index (χ0n) is 11.2. The lowest BCUT2D eigenvalue weighted by Crippen LogP contribution is -2.47. The summed E-state index contributed by atoms with van der Waals surface area (Å²) in [6.07, 6.45) is 0. The minimum absolute atomic E-state index is 0.244. The quantitative estimate of drug-likeness (QED) is 0.910. The molecule has 4 heteroatoms. The van der Waals surface area contributed by atoms with Gasteiger partial charge in [0.05, 0.1) is 6.04 Å². The van der Waals surface area contributed by atoms with Gasteiger partial charge >= 0.3 is 0 Å². The Morgan fingerprint density at radius 1 is 1.28 bits per heavy atom. The van der Waals surface area contributed by atoms with Crippen LogP contribution in [0.2, 0.25) is 0 Å². The zero-order valence-corrected chi connectivity index (χ0v) is 11.2. The Balaban J connectivity index is 2.42. The van der Waals surface area contributed by atoms with Crippen molar-refractivity contribution in [3.05, 3.63) is 35.8 Å². The summed E-state index contributed by atoms with van der Waals surface area (Å²) in [6, 6.07) is 6.01. The molecule has 0 fully saturated rings. The summed E-state index contributed by atoms with van der Waals surface area (Å²) in [7, 11) is 3.95. The van der Waals surface area contributed by atoms with E-state index in [2.05, 4.69) is 0 Å². The number of hydrogen-bond acceptors (Lipinski definition) is 3. The molecule has 1 aromatic carbocycles. The molecule has 1 aromatic heterocycles. The van der Waals surface area contributed by atoms with E-state index < -0.39 is 0 Å². The Morgan fingerprint density at radius 3 is 2.56 bits per heavy atom. The molecule has 0 saturated heterocycles. The van der Waals surface area contributed by atoms with Crippen molar-refractivity contribution < 1.29 is 8.81 Å². The van der Waals surface area contributed by atoms with Gasteiger partial charge in [-0.05, 0) is 52.2 Å². The number of nitrogens with two attached hydrogens (primary N) is 1. The summed E-state index contributed by atoms with van der Waals surface area (Å²) >= 11 is 0. The predicted octanol–water partition coefficient (Wildman–Crippen LogP) is 2.91. The third kappa shape index (κ3) is 2.13. The molecule has 0 amide bonds. The molecule has 0 aliphatic heterocycles. The van der Waals surface area contributed by atoms with Crippen molar-refractivity contribution in [3.8, 4) is 0 Å². The van der Waals surface area contributed by atoms with Crippen LogP contribution in [0.1, 0.15) is 25.6 Å². The molecule has 1 heterocycles. The average molecular weight is 250 g/mol. The van der Waals surface area contributed by atoms with Crippen molar-refractivity contribution in [2.75, 3.05) is 14.1 Å². The maximum atomic E-state index is 13.1. The van der Waals surface area contributed by atoms with E-state index in [0.29, 0.717) is 11.3 Å². The van der Waals surface area contributed by atoms with Gasteiger partial charge in [-0.15, -0.1) is 0 Å². The maximum Gasteiger partial charge on any atom is 0.134 e. The first-order valence-electron chi connectivity index (χ1n) is 5.94. The SMILES string of the molecule is CN(C)C(C)(C)C(N)c1cc2cc(F)ccc2o1. The van der Waals surface area contributed by atoms with Crippen LogP contribution in [0.5, 0.6) is 0 Å². The van der Waals surface area contributed by atoms with Gasteiger partial charge in [0.2, 0.25) is 0 Å². The van der Waals surface area contributed by atoms with E-state index in [1.54, 1.807) is 6.07 Å². The maximum absolute atomic E-state index is 13.1. The molecule has 0 spiro atoms. The van der Waals surface area contributed by atoms with Crippen molar-refractivity contribution in [1.82, 2.24) is 4.90 Å². The van der Waals surface area contributed by atoms with Gasteiger partial charge < -0.3 is 15.1 Å². The number of nitrogens with zero attached hydrogens (tertiary/aromatic N) is 1. The van der Waals surface area contributed by atoms with E-state index in [0.717, 1.165) is 5.39 Å². The van der Waals surface area contributed by atoms with E-state index in [4.69, 9.17) is 10.2 Å². The molecule has 2 rings (SSSR count). The normalized spacial score (nSPS) is 14.4. The Morgan fingerprint density at radius 2 is 1.94 bits per heavy atom. The second-order valence-electron chi connectivity index (χ2n) is 5.36. The largest absolute Gasteiger partial charge is 0.459 e. The van der Waals surface area contributed by atoms with Crippen molar-refractivity contribution in [2.24, 2.45) is 5.73 Å². The Kier molecular flexibility index (Phi) is 3.17. The van der Waals surface area contributed by atoms with Crippen LogP contribution in [0, 0.1) is 5.82 Å². The summed E-state index contributed by atoms with van der Waals surface area (Å²) < 4.78 is 18.8. The van der Waals surface area contributed by atoms with Crippen molar-refractivity contribution in [3.63, 3.8) is 0 Å². The number of benzene rings is 1. The van der Waals surface area contributed by atoms with E-state index in [1.165, 1.54) is 12.1 Å². The minimum Gasteiger partial charge on any atom is -0.459 e. The number of rotatable bonds is 3. The second-order valence-corrected chi connectivity index (χ2v) is 5.36. The standard InChI is InChI=1S/C14H19FN2O/c1-14(2,17(3)4)13(16)12-8-9-7-10(15)5-6-11(9)18-12/h5-8,13H,16H2,1-4H3. The van der Waals surface area contributed by atoms with Gasteiger partial charge in [0, 0.05) is 10.9 Å². The van der Waals surface area contributed by atoms with Crippen LogP contribution in [0.4, 0.5) is 4.39 Å². The lowest BCUT2D eigenvalue weighted by Gasteiger charge is -2.36. The van der Waals surface area contributed by atoms with Gasteiger partial charge in [-0.1, -0.05) is 0 Å². The van der Waals surface area contributed by atoms with E-state index >= 15 is 0 Å². The second kappa shape index (κ2) is 4.37. The Bertz CT molecular complexity index is 560. The highest BCUT2D eigenvalue weighted by Crippen LogP contribution is 2.31. The van der Waals surface area contributed by atoms with Crippen molar-refractivity contribution in [1.29, 1.82) is 0 Å². The topological polar surface area (TPSA) is 42.4 Å².